The van der Waals surface area contributed by atoms with Crippen LogP contribution in [0.2, 0.25) is 0 Å². The van der Waals surface area contributed by atoms with Gasteiger partial charge < -0.3 is 10.0 Å². The highest BCUT2D eigenvalue weighted by molar-refractivity contribution is 4.91. The molecule has 13 heavy (non-hydrogen) atoms. The van der Waals surface area contributed by atoms with Gasteiger partial charge in [-0.1, -0.05) is 0 Å². The molecule has 1 aromatic rings. The van der Waals surface area contributed by atoms with Crippen molar-refractivity contribution in [3.8, 4) is 0 Å². The fourth-order valence-electron chi connectivity index (χ4n) is 1.50. The van der Waals surface area contributed by atoms with E-state index in [0.29, 0.717) is 12.4 Å². The van der Waals surface area contributed by atoms with Gasteiger partial charge in [0.25, 0.3) is 0 Å². The molecule has 1 unspecified atom stereocenters. The Bertz CT molecular complexity index is 281. The van der Waals surface area contributed by atoms with E-state index < -0.39 is 6.10 Å². The molecule has 2 heterocycles. The minimum absolute atomic E-state index is 0.507. The van der Waals surface area contributed by atoms with Crippen LogP contribution in [-0.2, 0) is 7.05 Å². The Balaban J connectivity index is 1.96. The van der Waals surface area contributed by atoms with Crippen molar-refractivity contribution in [2.45, 2.75) is 12.5 Å². The molecular formula is C8H14N4O. The topological polar surface area (TPSA) is 54.2 Å². The zero-order chi connectivity index (χ0) is 9.26. The predicted molar refractivity (Wildman–Crippen MR) is 47.0 cm³/mol. The number of aryl methyl sites for hydroxylation is 1. The van der Waals surface area contributed by atoms with Crippen molar-refractivity contribution < 1.29 is 5.11 Å². The predicted octanol–water partition coefficient (Wildman–Crippen LogP) is -0.446. The minimum Gasteiger partial charge on any atom is -0.384 e. The van der Waals surface area contributed by atoms with E-state index in [9.17, 15) is 5.11 Å². The second kappa shape index (κ2) is 3.43. The van der Waals surface area contributed by atoms with Gasteiger partial charge in [0.15, 0.2) is 5.82 Å². The Morgan fingerprint density at radius 2 is 2.38 bits per heavy atom. The highest BCUT2D eigenvalue weighted by Crippen LogP contribution is 2.14. The molecule has 0 amide bonds. The Morgan fingerprint density at radius 1 is 1.62 bits per heavy atom. The SMILES string of the molecule is Cn1ncnc1C(O)CN1CCC1. The lowest BCUT2D eigenvalue weighted by atomic mass is 10.2. The summed E-state index contributed by atoms with van der Waals surface area (Å²) in [7, 11) is 1.79. The van der Waals surface area contributed by atoms with E-state index in [1.807, 2.05) is 0 Å². The molecule has 5 heteroatoms. The van der Waals surface area contributed by atoms with Crippen molar-refractivity contribution in [1.82, 2.24) is 19.7 Å². The van der Waals surface area contributed by atoms with Crippen molar-refractivity contribution in [2.24, 2.45) is 7.05 Å². The first-order chi connectivity index (χ1) is 6.27. The van der Waals surface area contributed by atoms with E-state index in [4.69, 9.17) is 0 Å². The Kier molecular flexibility index (Phi) is 2.28. The number of nitrogens with zero attached hydrogens (tertiary/aromatic N) is 4. The summed E-state index contributed by atoms with van der Waals surface area (Å²) in [4.78, 5) is 6.21. The van der Waals surface area contributed by atoms with Crippen molar-refractivity contribution in [3.63, 3.8) is 0 Å². The van der Waals surface area contributed by atoms with E-state index in [2.05, 4.69) is 15.0 Å². The number of rotatable bonds is 3. The third-order valence-electron chi connectivity index (χ3n) is 2.42. The van der Waals surface area contributed by atoms with Crippen LogP contribution in [0.5, 0.6) is 0 Å². The molecule has 0 spiro atoms. The van der Waals surface area contributed by atoms with E-state index in [1.165, 1.54) is 12.7 Å². The van der Waals surface area contributed by atoms with Crippen LogP contribution < -0.4 is 0 Å². The summed E-state index contributed by atoms with van der Waals surface area (Å²) >= 11 is 0. The summed E-state index contributed by atoms with van der Waals surface area (Å²) < 4.78 is 1.62. The Hall–Kier alpha value is -0.940. The van der Waals surface area contributed by atoms with Crippen LogP contribution in [0, 0.1) is 0 Å². The molecule has 1 fully saturated rings. The molecular weight excluding hydrogens is 168 g/mol. The highest BCUT2D eigenvalue weighted by atomic mass is 16.3. The average Bonchev–Trinajstić information content (AvgIpc) is 2.43. The smallest absolute Gasteiger partial charge is 0.156 e. The van der Waals surface area contributed by atoms with Crippen molar-refractivity contribution in [2.75, 3.05) is 19.6 Å². The molecule has 1 aliphatic heterocycles. The number of aromatic nitrogens is 3. The van der Waals surface area contributed by atoms with Gasteiger partial charge in [-0.15, -0.1) is 0 Å². The number of β-amino-alcohol motifs (C(OH)–C–C–N with tert-alkyl or cyclic N) is 1. The monoisotopic (exact) mass is 182 g/mol. The van der Waals surface area contributed by atoms with Gasteiger partial charge in [0.1, 0.15) is 12.4 Å². The first-order valence-electron chi connectivity index (χ1n) is 4.51. The van der Waals surface area contributed by atoms with Gasteiger partial charge in [-0.25, -0.2) is 4.98 Å². The quantitative estimate of drug-likeness (QED) is 0.688. The van der Waals surface area contributed by atoms with Crippen LogP contribution in [-0.4, -0.2) is 44.4 Å². The molecule has 2 rings (SSSR count). The number of aliphatic hydroxyl groups is 1. The third kappa shape index (κ3) is 1.71. The van der Waals surface area contributed by atoms with Crippen LogP contribution in [0.1, 0.15) is 18.3 Å². The van der Waals surface area contributed by atoms with Crippen molar-refractivity contribution >= 4 is 0 Å². The Labute approximate surface area is 77.0 Å². The van der Waals surface area contributed by atoms with E-state index in [1.54, 1.807) is 11.7 Å². The van der Waals surface area contributed by atoms with Gasteiger partial charge in [0, 0.05) is 13.6 Å². The molecule has 0 aromatic carbocycles. The van der Waals surface area contributed by atoms with Gasteiger partial charge in [0.05, 0.1) is 0 Å². The van der Waals surface area contributed by atoms with Crippen LogP contribution in [0.3, 0.4) is 0 Å². The fraction of sp³-hybridized carbons (Fsp3) is 0.750. The second-order valence-electron chi connectivity index (χ2n) is 3.41. The van der Waals surface area contributed by atoms with Gasteiger partial charge in [-0.05, 0) is 19.5 Å². The lowest BCUT2D eigenvalue weighted by Gasteiger charge is -2.32. The second-order valence-corrected chi connectivity index (χ2v) is 3.41. The van der Waals surface area contributed by atoms with Gasteiger partial charge in [0.2, 0.25) is 0 Å². The first kappa shape index (κ1) is 8.65. The first-order valence-corrected chi connectivity index (χ1v) is 4.51. The third-order valence-corrected chi connectivity index (χ3v) is 2.42. The number of hydrogen-bond acceptors (Lipinski definition) is 4. The average molecular weight is 182 g/mol. The maximum absolute atomic E-state index is 9.76. The highest BCUT2D eigenvalue weighted by Gasteiger charge is 2.21. The van der Waals surface area contributed by atoms with Crippen LogP contribution >= 0.6 is 0 Å². The lowest BCUT2D eigenvalue weighted by Crippen LogP contribution is -2.40. The molecule has 1 aliphatic rings. The van der Waals surface area contributed by atoms with E-state index in [0.717, 1.165) is 13.1 Å². The molecule has 0 saturated carbocycles. The summed E-state index contributed by atoms with van der Waals surface area (Å²) in [6, 6.07) is 0. The molecule has 5 nitrogen and oxygen atoms in total. The normalized spacial score (nSPS) is 19.8. The fourth-order valence-corrected chi connectivity index (χ4v) is 1.50. The van der Waals surface area contributed by atoms with Crippen LogP contribution in [0.4, 0.5) is 0 Å². The molecule has 1 N–H and O–H groups in total. The van der Waals surface area contributed by atoms with Gasteiger partial charge in [-0.2, -0.15) is 5.10 Å². The van der Waals surface area contributed by atoms with Gasteiger partial charge >= 0.3 is 0 Å². The molecule has 1 saturated heterocycles. The number of hydrogen-bond donors (Lipinski definition) is 1. The van der Waals surface area contributed by atoms with Gasteiger partial charge in [-0.3, -0.25) is 4.68 Å². The summed E-state index contributed by atoms with van der Waals surface area (Å²) in [5.41, 5.74) is 0. The standard InChI is InChI=1S/C8H14N4O/c1-11-8(9-6-10-11)7(13)5-12-3-2-4-12/h6-7,13H,2-5H2,1H3. The lowest BCUT2D eigenvalue weighted by molar-refractivity contribution is 0.0714. The number of likely N-dealkylation sites (tertiary alicyclic amines) is 1. The van der Waals surface area contributed by atoms with Crippen molar-refractivity contribution in [3.05, 3.63) is 12.2 Å². The molecule has 0 radical (unpaired) electrons. The maximum atomic E-state index is 9.76. The maximum Gasteiger partial charge on any atom is 0.156 e. The zero-order valence-electron chi connectivity index (χ0n) is 7.72. The largest absolute Gasteiger partial charge is 0.384 e. The number of aliphatic hydroxyl groups excluding tert-OH is 1. The molecule has 72 valence electrons. The molecule has 1 aromatic heterocycles. The summed E-state index contributed by atoms with van der Waals surface area (Å²) in [6.45, 7) is 2.86. The molecule has 0 bridgehead atoms. The molecule has 1 atom stereocenters. The van der Waals surface area contributed by atoms with Crippen LogP contribution in [0.25, 0.3) is 0 Å². The van der Waals surface area contributed by atoms with E-state index >= 15 is 0 Å². The summed E-state index contributed by atoms with van der Waals surface area (Å²) in [5.74, 6) is 0.645. The minimum atomic E-state index is -0.507. The van der Waals surface area contributed by atoms with Crippen molar-refractivity contribution in [1.29, 1.82) is 0 Å². The molecule has 0 aliphatic carbocycles. The Morgan fingerprint density at radius 3 is 2.85 bits per heavy atom. The summed E-state index contributed by atoms with van der Waals surface area (Å²) in [5, 5.41) is 13.7. The summed E-state index contributed by atoms with van der Waals surface area (Å²) in [6.07, 6.45) is 2.20. The zero-order valence-corrected chi connectivity index (χ0v) is 7.72. The van der Waals surface area contributed by atoms with Crippen LogP contribution in [0.15, 0.2) is 6.33 Å². The van der Waals surface area contributed by atoms with E-state index in [-0.39, 0.29) is 0 Å².